The average molecular weight is 399 g/mol. The summed E-state index contributed by atoms with van der Waals surface area (Å²) in [6.07, 6.45) is 0.784. The molecule has 0 radical (unpaired) electrons. The Morgan fingerprint density at radius 1 is 1.42 bits per heavy atom. The second-order valence-corrected chi connectivity index (χ2v) is 10.1. The van der Waals surface area contributed by atoms with Crippen LogP contribution in [0.15, 0.2) is 25.5 Å². The average Bonchev–Trinajstić information content (AvgIpc) is 2.96. The zero-order chi connectivity index (χ0) is 13.6. The summed E-state index contributed by atoms with van der Waals surface area (Å²) < 4.78 is 27.6. The third-order valence-electron chi connectivity index (χ3n) is 2.99. The van der Waals surface area contributed by atoms with E-state index in [0.717, 1.165) is 23.3 Å². The first-order valence-electron chi connectivity index (χ1n) is 5.48. The van der Waals surface area contributed by atoms with Gasteiger partial charge in [-0.2, -0.15) is 4.31 Å². The highest BCUT2D eigenvalue weighted by Gasteiger charge is 2.30. The standard InChI is InChI=1S/C11H9BrClNO2S3/c12-11-8(13)5-10(18-11)19(15,16)14-3-1-9-7(6-14)2-4-17-9/h2,4-5H,1,3,6H2. The summed E-state index contributed by atoms with van der Waals surface area (Å²) in [7, 11) is -3.44. The molecule has 1 aliphatic rings. The van der Waals surface area contributed by atoms with Crippen LogP contribution in [0.25, 0.3) is 0 Å². The van der Waals surface area contributed by atoms with Crippen LogP contribution in [0.4, 0.5) is 0 Å². The van der Waals surface area contributed by atoms with Gasteiger partial charge in [-0.3, -0.25) is 0 Å². The minimum atomic E-state index is -3.44. The van der Waals surface area contributed by atoms with Crippen LogP contribution in [-0.2, 0) is 23.0 Å². The molecule has 0 spiro atoms. The van der Waals surface area contributed by atoms with Crippen molar-refractivity contribution in [3.05, 3.63) is 36.8 Å². The maximum absolute atomic E-state index is 12.5. The molecule has 2 aromatic rings. The fourth-order valence-corrected chi connectivity index (χ4v) is 6.87. The lowest BCUT2D eigenvalue weighted by Gasteiger charge is -2.25. The van der Waals surface area contributed by atoms with Gasteiger partial charge in [-0.05, 0) is 45.4 Å². The molecule has 102 valence electrons. The molecule has 0 N–H and O–H groups in total. The highest BCUT2D eigenvalue weighted by atomic mass is 79.9. The molecular weight excluding hydrogens is 390 g/mol. The maximum Gasteiger partial charge on any atom is 0.252 e. The molecule has 0 aromatic carbocycles. The van der Waals surface area contributed by atoms with Gasteiger partial charge in [-0.15, -0.1) is 22.7 Å². The Hall–Kier alpha value is 0.0800. The third-order valence-corrected chi connectivity index (χ3v) is 8.78. The van der Waals surface area contributed by atoms with Crippen molar-refractivity contribution in [3.8, 4) is 0 Å². The predicted molar refractivity (Wildman–Crippen MR) is 82.6 cm³/mol. The summed E-state index contributed by atoms with van der Waals surface area (Å²) in [5.74, 6) is 0. The Kier molecular flexibility index (Phi) is 3.79. The Morgan fingerprint density at radius 3 is 2.89 bits per heavy atom. The van der Waals surface area contributed by atoms with Crippen LogP contribution < -0.4 is 0 Å². The molecule has 3 nitrogen and oxygen atoms in total. The zero-order valence-electron chi connectivity index (χ0n) is 9.60. The van der Waals surface area contributed by atoms with E-state index in [2.05, 4.69) is 15.9 Å². The highest BCUT2D eigenvalue weighted by molar-refractivity contribution is 9.11. The van der Waals surface area contributed by atoms with Crippen LogP contribution in [0.1, 0.15) is 10.4 Å². The van der Waals surface area contributed by atoms with Crippen molar-refractivity contribution in [2.75, 3.05) is 6.54 Å². The quantitative estimate of drug-likeness (QED) is 0.767. The van der Waals surface area contributed by atoms with Gasteiger partial charge in [0.2, 0.25) is 0 Å². The van der Waals surface area contributed by atoms with Gasteiger partial charge in [0, 0.05) is 18.0 Å². The fourth-order valence-electron chi connectivity index (χ4n) is 2.01. The van der Waals surface area contributed by atoms with E-state index >= 15 is 0 Å². The summed E-state index contributed by atoms with van der Waals surface area (Å²) in [6.45, 7) is 0.983. The lowest BCUT2D eigenvalue weighted by molar-refractivity contribution is 0.395. The summed E-state index contributed by atoms with van der Waals surface area (Å²) in [6, 6.07) is 3.51. The number of nitrogens with zero attached hydrogens (tertiary/aromatic N) is 1. The molecule has 0 aliphatic carbocycles. The number of hydrogen-bond donors (Lipinski definition) is 0. The van der Waals surface area contributed by atoms with Crippen LogP contribution >= 0.6 is 50.2 Å². The Labute approximate surface area is 133 Å². The molecule has 8 heteroatoms. The number of hydrogen-bond acceptors (Lipinski definition) is 4. The van der Waals surface area contributed by atoms with Gasteiger partial charge >= 0.3 is 0 Å². The molecule has 0 saturated carbocycles. The van der Waals surface area contributed by atoms with Crippen LogP contribution in [0.3, 0.4) is 0 Å². The Morgan fingerprint density at radius 2 is 2.21 bits per heavy atom. The molecule has 0 atom stereocenters. The molecule has 0 bridgehead atoms. The van der Waals surface area contributed by atoms with E-state index in [9.17, 15) is 8.42 Å². The molecular formula is C11H9BrClNO2S3. The zero-order valence-corrected chi connectivity index (χ0v) is 14.4. The van der Waals surface area contributed by atoms with Crippen LogP contribution in [0, 0.1) is 0 Å². The largest absolute Gasteiger partial charge is 0.252 e. The summed E-state index contributed by atoms with van der Waals surface area (Å²) in [5, 5.41) is 2.45. The first-order chi connectivity index (χ1) is 8.98. The minimum Gasteiger partial charge on any atom is -0.206 e. The minimum absolute atomic E-state index is 0.294. The van der Waals surface area contributed by atoms with E-state index in [1.54, 1.807) is 11.3 Å². The van der Waals surface area contributed by atoms with Crippen LogP contribution in [0.2, 0.25) is 5.02 Å². The maximum atomic E-state index is 12.5. The van der Waals surface area contributed by atoms with Gasteiger partial charge < -0.3 is 0 Å². The summed E-state index contributed by atoms with van der Waals surface area (Å²) in [4.78, 5) is 1.29. The van der Waals surface area contributed by atoms with Gasteiger partial charge in [-0.1, -0.05) is 11.6 Å². The fraction of sp³-hybridized carbons (Fsp3) is 0.273. The van der Waals surface area contributed by atoms with Crippen molar-refractivity contribution in [2.24, 2.45) is 0 Å². The van der Waals surface area contributed by atoms with E-state index < -0.39 is 10.0 Å². The Bertz CT molecular complexity index is 703. The summed E-state index contributed by atoms with van der Waals surface area (Å²) >= 11 is 12.0. The van der Waals surface area contributed by atoms with Crippen molar-refractivity contribution in [1.29, 1.82) is 0 Å². The van der Waals surface area contributed by atoms with Crippen LogP contribution in [-0.4, -0.2) is 19.3 Å². The molecule has 3 rings (SSSR count). The second-order valence-electron chi connectivity index (χ2n) is 4.14. The lowest BCUT2D eigenvalue weighted by atomic mass is 10.1. The van der Waals surface area contributed by atoms with Gasteiger partial charge in [0.15, 0.2) is 0 Å². The molecule has 0 unspecified atom stereocenters. The molecule has 0 amide bonds. The van der Waals surface area contributed by atoms with Crippen molar-refractivity contribution < 1.29 is 8.42 Å². The van der Waals surface area contributed by atoms with E-state index in [-0.39, 0.29) is 0 Å². The molecule has 0 saturated heterocycles. The predicted octanol–water partition coefficient (Wildman–Crippen LogP) is 3.97. The molecule has 0 fully saturated rings. The van der Waals surface area contributed by atoms with Gasteiger partial charge in [0.1, 0.15) is 4.21 Å². The van der Waals surface area contributed by atoms with E-state index in [1.165, 1.54) is 15.2 Å². The SMILES string of the molecule is O=S(=O)(c1cc(Cl)c(Br)s1)N1CCc2sccc2C1. The summed E-state index contributed by atoms with van der Waals surface area (Å²) in [5.41, 5.74) is 1.11. The monoisotopic (exact) mass is 397 g/mol. The highest BCUT2D eigenvalue weighted by Crippen LogP contribution is 2.37. The van der Waals surface area contributed by atoms with Crippen molar-refractivity contribution >= 4 is 60.2 Å². The number of rotatable bonds is 2. The van der Waals surface area contributed by atoms with Crippen molar-refractivity contribution in [2.45, 2.75) is 17.2 Å². The smallest absolute Gasteiger partial charge is 0.206 e. The van der Waals surface area contributed by atoms with Crippen LogP contribution in [0.5, 0.6) is 0 Å². The molecule has 3 heterocycles. The van der Waals surface area contributed by atoms with Gasteiger partial charge in [0.05, 0.1) is 8.81 Å². The topological polar surface area (TPSA) is 37.4 Å². The van der Waals surface area contributed by atoms with E-state index in [1.807, 2.05) is 11.4 Å². The number of sulfonamides is 1. The molecule has 2 aromatic heterocycles. The van der Waals surface area contributed by atoms with Gasteiger partial charge in [0.25, 0.3) is 10.0 Å². The van der Waals surface area contributed by atoms with E-state index in [4.69, 9.17) is 11.6 Å². The number of fused-ring (bicyclic) bond motifs is 1. The first-order valence-corrected chi connectivity index (χ1v) is 9.79. The third kappa shape index (κ3) is 2.52. The lowest BCUT2D eigenvalue weighted by Crippen LogP contribution is -2.34. The first kappa shape index (κ1) is 14.0. The van der Waals surface area contributed by atoms with Crippen molar-refractivity contribution in [1.82, 2.24) is 4.31 Å². The number of halogens is 2. The number of thiophene rings is 2. The molecule has 1 aliphatic heterocycles. The normalized spacial score (nSPS) is 16.5. The second kappa shape index (κ2) is 5.13. The van der Waals surface area contributed by atoms with Crippen molar-refractivity contribution in [3.63, 3.8) is 0 Å². The van der Waals surface area contributed by atoms with Gasteiger partial charge in [-0.25, -0.2) is 8.42 Å². The van der Waals surface area contributed by atoms with E-state index in [0.29, 0.717) is 26.1 Å². The molecule has 19 heavy (non-hydrogen) atoms. The Balaban J connectivity index is 1.94.